The van der Waals surface area contributed by atoms with Crippen molar-refractivity contribution < 1.29 is 0 Å². The van der Waals surface area contributed by atoms with Crippen molar-refractivity contribution in [3.63, 3.8) is 0 Å². The van der Waals surface area contributed by atoms with E-state index in [2.05, 4.69) is 27.6 Å². The van der Waals surface area contributed by atoms with Crippen molar-refractivity contribution in [2.45, 2.75) is 18.3 Å². The molecule has 0 saturated carbocycles. The second kappa shape index (κ2) is 3.01. The topological polar surface area (TPSA) is 12.4 Å². The van der Waals surface area contributed by atoms with Crippen molar-refractivity contribution in [1.29, 1.82) is 0 Å². The van der Waals surface area contributed by atoms with Crippen LogP contribution >= 0.6 is 34.2 Å². The molecule has 0 aliphatic carbocycles. The zero-order chi connectivity index (χ0) is 5.98. The summed E-state index contributed by atoms with van der Waals surface area (Å²) in [6, 6.07) is 0. The fourth-order valence-electron chi connectivity index (χ4n) is 0.714. The van der Waals surface area contributed by atoms with Crippen LogP contribution in [0.25, 0.3) is 0 Å². The quantitative estimate of drug-likeness (QED) is 0.380. The summed E-state index contributed by atoms with van der Waals surface area (Å²) in [7, 11) is 0. The Morgan fingerprint density at radius 3 is 2.88 bits per heavy atom. The maximum Gasteiger partial charge on any atom is 0.124 e. The van der Waals surface area contributed by atoms with E-state index in [0.717, 1.165) is 17.3 Å². The summed E-state index contributed by atoms with van der Waals surface area (Å²) in [5, 5.41) is 0. The van der Waals surface area contributed by atoms with E-state index >= 15 is 0 Å². The molecule has 1 rings (SSSR count). The van der Waals surface area contributed by atoms with Gasteiger partial charge in [-0.1, -0.05) is 34.2 Å². The lowest BCUT2D eigenvalue weighted by atomic mass is 10.3. The Morgan fingerprint density at radius 1 is 1.88 bits per heavy atom. The van der Waals surface area contributed by atoms with Crippen molar-refractivity contribution in [1.82, 2.24) is 0 Å². The lowest BCUT2D eigenvalue weighted by Crippen LogP contribution is -1.90. The van der Waals surface area contributed by atoms with Gasteiger partial charge in [0.05, 0.1) is 0 Å². The van der Waals surface area contributed by atoms with Crippen LogP contribution in [0.2, 0.25) is 0 Å². The third-order valence-electron chi connectivity index (χ3n) is 1.15. The van der Waals surface area contributed by atoms with Gasteiger partial charge in [-0.3, -0.25) is 4.99 Å². The molecule has 0 amide bonds. The van der Waals surface area contributed by atoms with Gasteiger partial charge in [0.25, 0.3) is 0 Å². The molecule has 0 N–H and O–H groups in total. The van der Waals surface area contributed by atoms with Gasteiger partial charge in [-0.2, -0.15) is 0 Å². The fourth-order valence-corrected chi connectivity index (χ4v) is 1.54. The molecule has 1 aliphatic heterocycles. The molecule has 0 spiro atoms. The Morgan fingerprint density at radius 2 is 2.62 bits per heavy atom. The number of hydrogen-bond acceptors (Lipinski definition) is 1. The zero-order valence-electron chi connectivity index (χ0n) is 4.40. The molecule has 3 heteroatoms. The Hall–Kier alpha value is 0.690. The van der Waals surface area contributed by atoms with Gasteiger partial charge >= 0.3 is 0 Å². The highest BCUT2D eigenvalue weighted by atomic mass is 127. The molecule has 1 nitrogen and oxygen atoms in total. The fraction of sp³-hybridized carbons (Fsp3) is 0.800. The number of hydrogen-bond donors (Lipinski definition) is 0. The smallest absolute Gasteiger partial charge is 0.124 e. The van der Waals surface area contributed by atoms with Crippen LogP contribution in [-0.2, 0) is 0 Å². The summed E-state index contributed by atoms with van der Waals surface area (Å²) in [5.74, 6) is 0. The molecule has 8 heavy (non-hydrogen) atoms. The van der Waals surface area contributed by atoms with Gasteiger partial charge in [-0.15, -0.1) is 0 Å². The van der Waals surface area contributed by atoms with Crippen LogP contribution in [0.3, 0.4) is 0 Å². The van der Waals surface area contributed by atoms with Crippen LogP contribution in [0.5, 0.6) is 0 Å². The molecule has 1 aliphatic rings. The lowest BCUT2D eigenvalue weighted by Gasteiger charge is -1.86. The first-order chi connectivity index (χ1) is 3.83. The van der Waals surface area contributed by atoms with E-state index in [-0.39, 0.29) is 5.50 Å². The minimum Gasteiger partial charge on any atom is -0.274 e. The van der Waals surface area contributed by atoms with Gasteiger partial charge in [-0.05, 0) is 12.8 Å². The second-order valence-electron chi connectivity index (χ2n) is 1.80. The molecule has 0 radical (unpaired) electrons. The second-order valence-corrected chi connectivity index (χ2v) is 3.07. The number of alkyl halides is 2. The van der Waals surface area contributed by atoms with E-state index in [1.54, 1.807) is 0 Å². The molecule has 0 aromatic heterocycles. The van der Waals surface area contributed by atoms with Crippen molar-refractivity contribution in [2.75, 3.05) is 4.43 Å². The summed E-state index contributed by atoms with van der Waals surface area (Å²) >= 11 is 8.00. The van der Waals surface area contributed by atoms with Crippen LogP contribution in [0, 0.1) is 0 Å². The predicted molar refractivity (Wildman–Crippen MR) is 45.2 cm³/mol. The van der Waals surface area contributed by atoms with Crippen molar-refractivity contribution >= 4 is 39.9 Å². The van der Waals surface area contributed by atoms with Crippen LogP contribution in [0.1, 0.15) is 12.8 Å². The van der Waals surface area contributed by atoms with Gasteiger partial charge in [0.15, 0.2) is 0 Å². The monoisotopic (exact) mass is 243 g/mol. The maximum atomic E-state index is 5.69. The largest absolute Gasteiger partial charge is 0.274 e. The Bertz CT molecular complexity index is 113. The van der Waals surface area contributed by atoms with E-state index in [9.17, 15) is 0 Å². The van der Waals surface area contributed by atoms with Crippen molar-refractivity contribution in [3.8, 4) is 0 Å². The summed E-state index contributed by atoms with van der Waals surface area (Å²) in [6.45, 7) is 0. The van der Waals surface area contributed by atoms with Crippen LogP contribution in [0.15, 0.2) is 4.99 Å². The highest BCUT2D eigenvalue weighted by Crippen LogP contribution is 2.16. The predicted octanol–water partition coefficient (Wildman–Crippen LogP) is 2.22. The number of halogens is 2. The average Bonchev–Trinajstić information content (AvgIpc) is 2.14. The van der Waals surface area contributed by atoms with Crippen molar-refractivity contribution in [3.05, 3.63) is 0 Å². The van der Waals surface area contributed by atoms with Crippen LogP contribution in [-0.4, -0.2) is 15.6 Å². The minimum atomic E-state index is 0.0831. The number of rotatable bonds is 1. The van der Waals surface area contributed by atoms with E-state index in [4.69, 9.17) is 11.6 Å². The standard InChI is InChI=1S/C5H7ClIN/c6-5-2-1-4(3-7)8-5/h5H,1-3H2. The van der Waals surface area contributed by atoms with Crippen LogP contribution < -0.4 is 0 Å². The SMILES string of the molecule is ClC1CCC(CI)=N1. The molecule has 0 bridgehead atoms. The van der Waals surface area contributed by atoms with Gasteiger partial charge in [-0.25, -0.2) is 0 Å². The Kier molecular flexibility index (Phi) is 2.56. The minimum absolute atomic E-state index is 0.0831. The van der Waals surface area contributed by atoms with E-state index in [1.165, 1.54) is 5.71 Å². The van der Waals surface area contributed by atoms with E-state index in [0.29, 0.717) is 0 Å². The van der Waals surface area contributed by atoms with Gasteiger partial charge in [0, 0.05) is 10.1 Å². The Labute approximate surface area is 67.7 Å². The molecule has 1 unspecified atom stereocenters. The van der Waals surface area contributed by atoms with Crippen LogP contribution in [0.4, 0.5) is 0 Å². The average molecular weight is 243 g/mol. The number of nitrogens with zero attached hydrogens (tertiary/aromatic N) is 1. The molecular weight excluding hydrogens is 236 g/mol. The van der Waals surface area contributed by atoms with Gasteiger partial charge in [0.1, 0.15) is 5.50 Å². The maximum absolute atomic E-state index is 5.69. The molecule has 1 atom stereocenters. The molecule has 0 fully saturated rings. The normalized spacial score (nSPS) is 28.2. The zero-order valence-corrected chi connectivity index (χ0v) is 7.32. The van der Waals surface area contributed by atoms with E-state index < -0.39 is 0 Å². The number of aliphatic imine (C=N–C) groups is 1. The lowest BCUT2D eigenvalue weighted by molar-refractivity contribution is 0.881. The summed E-state index contributed by atoms with van der Waals surface area (Å²) in [6.07, 6.45) is 2.15. The third kappa shape index (κ3) is 1.58. The first kappa shape index (κ1) is 6.81. The molecule has 0 aromatic rings. The highest BCUT2D eigenvalue weighted by Gasteiger charge is 2.12. The van der Waals surface area contributed by atoms with Crippen molar-refractivity contribution in [2.24, 2.45) is 4.99 Å². The summed E-state index contributed by atoms with van der Waals surface area (Å²) < 4.78 is 1.04. The Balaban J connectivity index is 2.44. The van der Waals surface area contributed by atoms with E-state index in [1.807, 2.05) is 0 Å². The summed E-state index contributed by atoms with van der Waals surface area (Å²) in [4.78, 5) is 4.18. The molecule has 0 saturated heterocycles. The molecule has 0 aromatic carbocycles. The molecule has 1 heterocycles. The molecule has 46 valence electrons. The van der Waals surface area contributed by atoms with Gasteiger partial charge < -0.3 is 0 Å². The van der Waals surface area contributed by atoms with Gasteiger partial charge in [0.2, 0.25) is 0 Å². The third-order valence-corrected chi connectivity index (χ3v) is 2.34. The summed E-state index contributed by atoms with van der Waals surface area (Å²) in [5.41, 5.74) is 1.35. The first-order valence-electron chi connectivity index (χ1n) is 2.58. The first-order valence-corrected chi connectivity index (χ1v) is 4.54. The highest BCUT2D eigenvalue weighted by molar-refractivity contribution is 14.1. The molecular formula is C5H7ClIN.